The average Bonchev–Trinajstić information content (AvgIpc) is 2.88. The Morgan fingerprint density at radius 3 is 2.65 bits per heavy atom. The molecule has 2 saturated heterocycles. The van der Waals surface area contributed by atoms with E-state index in [9.17, 15) is 9.59 Å². The van der Waals surface area contributed by atoms with Gasteiger partial charge in [0.15, 0.2) is 0 Å². The van der Waals surface area contributed by atoms with E-state index in [4.69, 9.17) is 0 Å². The molecule has 2 aromatic rings. The third-order valence-corrected chi connectivity index (χ3v) is 7.64. The van der Waals surface area contributed by atoms with Gasteiger partial charge in [-0.05, 0) is 94.3 Å². The lowest BCUT2D eigenvalue weighted by molar-refractivity contribution is -0.118. The molecule has 180 valence electrons. The molecule has 0 saturated carbocycles. The number of nitrogens with zero attached hydrogens (tertiary/aromatic N) is 2. The Kier molecular flexibility index (Phi) is 7.14. The molecule has 34 heavy (non-hydrogen) atoms. The highest BCUT2D eigenvalue weighted by molar-refractivity contribution is 6.05. The first-order valence-electron chi connectivity index (χ1n) is 12.9. The highest BCUT2D eigenvalue weighted by Gasteiger charge is 2.34. The molecule has 5 rings (SSSR count). The van der Waals surface area contributed by atoms with Crippen LogP contribution in [0.1, 0.15) is 54.4 Å². The van der Waals surface area contributed by atoms with Crippen LogP contribution in [0.4, 0.5) is 11.4 Å². The number of benzene rings is 2. The van der Waals surface area contributed by atoms with Crippen molar-refractivity contribution >= 4 is 23.2 Å². The minimum absolute atomic E-state index is 0.0531. The fourth-order valence-corrected chi connectivity index (χ4v) is 5.70. The highest BCUT2D eigenvalue weighted by atomic mass is 16.2. The Hall–Kier alpha value is -2.86. The van der Waals surface area contributed by atoms with E-state index in [2.05, 4.69) is 50.8 Å². The second-order valence-electron chi connectivity index (χ2n) is 10.0. The van der Waals surface area contributed by atoms with Gasteiger partial charge in [-0.3, -0.25) is 9.59 Å². The molecule has 2 aromatic carbocycles. The second-order valence-corrected chi connectivity index (χ2v) is 10.0. The number of likely N-dealkylation sites (tertiary alicyclic amines) is 1. The van der Waals surface area contributed by atoms with Crippen LogP contribution in [0, 0.1) is 5.92 Å². The van der Waals surface area contributed by atoms with Gasteiger partial charge < -0.3 is 20.4 Å². The van der Waals surface area contributed by atoms with E-state index in [0.29, 0.717) is 12.1 Å². The third-order valence-electron chi connectivity index (χ3n) is 7.64. The van der Waals surface area contributed by atoms with Crippen LogP contribution < -0.4 is 15.5 Å². The van der Waals surface area contributed by atoms with Gasteiger partial charge in [0.05, 0.1) is 11.4 Å². The molecular weight excluding hydrogens is 424 g/mol. The van der Waals surface area contributed by atoms with E-state index in [1.807, 2.05) is 18.2 Å². The summed E-state index contributed by atoms with van der Waals surface area (Å²) in [6.07, 6.45) is 7.74. The summed E-state index contributed by atoms with van der Waals surface area (Å²) in [5.41, 5.74) is 3.85. The highest BCUT2D eigenvalue weighted by Crippen LogP contribution is 2.36. The smallest absolute Gasteiger partial charge is 0.251 e. The summed E-state index contributed by atoms with van der Waals surface area (Å²) in [6, 6.07) is 16.4. The van der Waals surface area contributed by atoms with Crippen LogP contribution in [-0.4, -0.2) is 55.5 Å². The topological polar surface area (TPSA) is 64.7 Å². The van der Waals surface area contributed by atoms with Gasteiger partial charge >= 0.3 is 0 Å². The number of rotatable bonds is 7. The molecule has 6 nitrogen and oxygen atoms in total. The molecule has 0 aliphatic carbocycles. The first-order valence-corrected chi connectivity index (χ1v) is 12.9. The van der Waals surface area contributed by atoms with Crippen molar-refractivity contribution < 1.29 is 9.59 Å². The largest absolute Gasteiger partial charge is 0.358 e. The number of anilines is 2. The summed E-state index contributed by atoms with van der Waals surface area (Å²) in [4.78, 5) is 29.9. The van der Waals surface area contributed by atoms with Crippen LogP contribution in [0.25, 0.3) is 0 Å². The van der Waals surface area contributed by atoms with Gasteiger partial charge in [0.25, 0.3) is 5.91 Å². The maximum absolute atomic E-state index is 12.7. The first kappa shape index (κ1) is 22.9. The Morgan fingerprint density at radius 2 is 1.82 bits per heavy atom. The Labute approximate surface area is 202 Å². The molecule has 3 aliphatic heterocycles. The van der Waals surface area contributed by atoms with Gasteiger partial charge in [-0.2, -0.15) is 0 Å². The number of piperidine rings is 2. The molecule has 0 bridgehead atoms. The van der Waals surface area contributed by atoms with Crippen molar-refractivity contribution in [3.8, 4) is 0 Å². The lowest BCUT2D eigenvalue weighted by Crippen LogP contribution is -2.50. The lowest BCUT2D eigenvalue weighted by Gasteiger charge is -2.41. The maximum atomic E-state index is 12.7. The van der Waals surface area contributed by atoms with Crippen molar-refractivity contribution in [2.24, 2.45) is 5.92 Å². The Bertz CT molecular complexity index is 1000. The van der Waals surface area contributed by atoms with Crippen LogP contribution in [0.2, 0.25) is 0 Å². The molecule has 0 spiro atoms. The van der Waals surface area contributed by atoms with Crippen LogP contribution in [0.5, 0.6) is 0 Å². The number of fused-ring (bicyclic) bond motifs is 3. The van der Waals surface area contributed by atoms with Crippen LogP contribution in [-0.2, 0) is 11.2 Å². The van der Waals surface area contributed by atoms with Crippen molar-refractivity contribution in [3.05, 3.63) is 59.7 Å². The minimum atomic E-state index is -0.0700. The number of hydrogen-bond acceptors (Lipinski definition) is 4. The average molecular weight is 461 g/mol. The maximum Gasteiger partial charge on any atom is 0.251 e. The standard InChI is InChI=1S/C28H36N4O2/c33-27(23-10-11-25-24(20-23)30-28(34)26-9-4-5-16-32(25)26)29-14-6-15-31-17-12-22(13-18-31)19-21-7-2-1-3-8-21/h1-3,7-8,10-11,20,22,26H,4-6,9,12-19H2,(H,29,33)(H,30,34)/t26-/m0/s1. The van der Waals surface area contributed by atoms with Gasteiger partial charge in [0, 0.05) is 18.7 Å². The molecule has 2 fully saturated rings. The second kappa shape index (κ2) is 10.6. The Balaban J connectivity index is 1.05. The zero-order chi connectivity index (χ0) is 23.3. The van der Waals surface area contributed by atoms with Crippen molar-refractivity contribution in [1.29, 1.82) is 0 Å². The number of amides is 2. The van der Waals surface area contributed by atoms with Crippen molar-refractivity contribution in [3.63, 3.8) is 0 Å². The minimum Gasteiger partial charge on any atom is -0.358 e. The van der Waals surface area contributed by atoms with Gasteiger partial charge in [0.2, 0.25) is 5.91 Å². The quantitative estimate of drug-likeness (QED) is 0.612. The van der Waals surface area contributed by atoms with E-state index in [-0.39, 0.29) is 17.9 Å². The number of carbonyl (C=O) groups excluding carboxylic acids is 2. The summed E-state index contributed by atoms with van der Waals surface area (Å²) in [7, 11) is 0. The molecule has 0 unspecified atom stereocenters. The zero-order valence-electron chi connectivity index (χ0n) is 20.0. The van der Waals surface area contributed by atoms with Gasteiger partial charge in [-0.25, -0.2) is 0 Å². The SMILES string of the molecule is O=C(NCCCN1CCC(Cc2ccccc2)CC1)c1ccc2c(c1)NC(=O)[C@@H]1CCCCN21. The van der Waals surface area contributed by atoms with E-state index >= 15 is 0 Å². The summed E-state index contributed by atoms with van der Waals surface area (Å²) in [5, 5.41) is 6.08. The fraction of sp³-hybridized carbons (Fsp3) is 0.500. The first-order chi connectivity index (χ1) is 16.7. The molecule has 1 atom stereocenters. The molecule has 3 aliphatic rings. The predicted molar refractivity (Wildman–Crippen MR) is 136 cm³/mol. The van der Waals surface area contributed by atoms with Gasteiger partial charge in [0.1, 0.15) is 6.04 Å². The van der Waals surface area contributed by atoms with E-state index in [1.165, 1.54) is 24.8 Å². The number of nitrogens with one attached hydrogen (secondary N) is 2. The molecular formula is C28H36N4O2. The number of carbonyl (C=O) groups is 2. The molecule has 0 aromatic heterocycles. The van der Waals surface area contributed by atoms with E-state index in [0.717, 1.165) is 69.2 Å². The van der Waals surface area contributed by atoms with Gasteiger partial charge in [-0.15, -0.1) is 0 Å². The monoisotopic (exact) mass is 460 g/mol. The molecule has 2 N–H and O–H groups in total. The van der Waals surface area contributed by atoms with Crippen molar-refractivity contribution in [2.45, 2.75) is 51.0 Å². The predicted octanol–water partition coefficient (Wildman–Crippen LogP) is 4.07. The summed E-state index contributed by atoms with van der Waals surface area (Å²) < 4.78 is 0. The normalized spacial score (nSPS) is 20.9. The zero-order valence-corrected chi connectivity index (χ0v) is 20.0. The third kappa shape index (κ3) is 5.27. The molecule has 6 heteroatoms. The van der Waals surface area contributed by atoms with Crippen LogP contribution in [0.15, 0.2) is 48.5 Å². The van der Waals surface area contributed by atoms with E-state index in [1.54, 1.807) is 0 Å². The number of hydrogen-bond donors (Lipinski definition) is 2. The Morgan fingerprint density at radius 1 is 1.00 bits per heavy atom. The summed E-state index contributed by atoms with van der Waals surface area (Å²) in [5.74, 6) is 0.764. The van der Waals surface area contributed by atoms with Crippen LogP contribution in [0.3, 0.4) is 0 Å². The van der Waals surface area contributed by atoms with Crippen molar-refractivity contribution in [2.75, 3.05) is 42.9 Å². The van der Waals surface area contributed by atoms with Crippen molar-refractivity contribution in [1.82, 2.24) is 10.2 Å². The van der Waals surface area contributed by atoms with Gasteiger partial charge in [-0.1, -0.05) is 30.3 Å². The summed E-state index contributed by atoms with van der Waals surface area (Å²) in [6.45, 7) is 4.89. The molecule has 0 radical (unpaired) electrons. The molecule has 2 amide bonds. The summed E-state index contributed by atoms with van der Waals surface area (Å²) >= 11 is 0. The fourth-order valence-electron chi connectivity index (χ4n) is 5.70. The molecule has 3 heterocycles. The van der Waals surface area contributed by atoms with Crippen LogP contribution >= 0.6 is 0 Å². The lowest BCUT2D eigenvalue weighted by atomic mass is 9.90. The van der Waals surface area contributed by atoms with E-state index < -0.39 is 0 Å².